The highest BCUT2D eigenvalue weighted by Crippen LogP contribution is 2.29. The van der Waals surface area contributed by atoms with Gasteiger partial charge in [-0.2, -0.15) is 0 Å². The SMILES string of the molecule is CC1CCCCN1C(=O)CN(C)CC1(O)CCCC1. The number of amides is 1. The van der Waals surface area contributed by atoms with Crippen molar-refractivity contribution in [2.45, 2.75) is 63.5 Å². The van der Waals surface area contributed by atoms with Crippen LogP contribution in [0.25, 0.3) is 0 Å². The molecule has 19 heavy (non-hydrogen) atoms. The molecule has 1 aliphatic heterocycles. The van der Waals surface area contributed by atoms with Crippen LogP contribution >= 0.6 is 0 Å². The van der Waals surface area contributed by atoms with Crippen molar-refractivity contribution >= 4 is 5.91 Å². The highest BCUT2D eigenvalue weighted by Gasteiger charge is 2.33. The number of likely N-dealkylation sites (N-methyl/N-ethyl adjacent to an activating group) is 1. The van der Waals surface area contributed by atoms with Crippen molar-refractivity contribution in [3.05, 3.63) is 0 Å². The minimum absolute atomic E-state index is 0.219. The molecule has 0 radical (unpaired) electrons. The minimum Gasteiger partial charge on any atom is -0.389 e. The van der Waals surface area contributed by atoms with E-state index in [2.05, 4.69) is 6.92 Å². The maximum absolute atomic E-state index is 12.3. The molecule has 1 amide bonds. The van der Waals surface area contributed by atoms with Gasteiger partial charge in [0.25, 0.3) is 0 Å². The summed E-state index contributed by atoms with van der Waals surface area (Å²) in [5.41, 5.74) is -0.553. The molecule has 1 aliphatic carbocycles. The van der Waals surface area contributed by atoms with Crippen LogP contribution in [0.2, 0.25) is 0 Å². The van der Waals surface area contributed by atoms with Gasteiger partial charge in [0.1, 0.15) is 0 Å². The monoisotopic (exact) mass is 268 g/mol. The summed E-state index contributed by atoms with van der Waals surface area (Å²) in [4.78, 5) is 16.3. The van der Waals surface area contributed by atoms with Gasteiger partial charge in [-0.05, 0) is 46.1 Å². The topological polar surface area (TPSA) is 43.8 Å². The van der Waals surface area contributed by atoms with Crippen LogP contribution in [0.3, 0.4) is 0 Å². The van der Waals surface area contributed by atoms with Crippen molar-refractivity contribution in [2.24, 2.45) is 0 Å². The third-order valence-corrected chi connectivity index (χ3v) is 4.63. The predicted octanol–water partition coefficient (Wildman–Crippen LogP) is 1.62. The maximum Gasteiger partial charge on any atom is 0.236 e. The van der Waals surface area contributed by atoms with Gasteiger partial charge in [-0.25, -0.2) is 0 Å². The first kappa shape index (κ1) is 14.8. The number of nitrogens with zero attached hydrogens (tertiary/aromatic N) is 2. The predicted molar refractivity (Wildman–Crippen MR) is 75.9 cm³/mol. The number of hydrogen-bond donors (Lipinski definition) is 1. The lowest BCUT2D eigenvalue weighted by Gasteiger charge is -2.35. The highest BCUT2D eigenvalue weighted by atomic mass is 16.3. The smallest absolute Gasteiger partial charge is 0.236 e. The molecule has 1 saturated heterocycles. The van der Waals surface area contributed by atoms with Crippen LogP contribution in [0.4, 0.5) is 0 Å². The molecule has 2 aliphatic rings. The summed E-state index contributed by atoms with van der Waals surface area (Å²) in [6.45, 7) is 4.10. The van der Waals surface area contributed by atoms with Gasteiger partial charge in [0.2, 0.25) is 5.91 Å². The number of likely N-dealkylation sites (tertiary alicyclic amines) is 1. The number of piperidine rings is 1. The second kappa shape index (κ2) is 6.23. The normalized spacial score (nSPS) is 26.9. The molecule has 2 rings (SSSR count). The second-order valence-corrected chi connectivity index (χ2v) is 6.54. The molecule has 4 heteroatoms. The maximum atomic E-state index is 12.3. The van der Waals surface area contributed by atoms with E-state index in [1.807, 2.05) is 16.8 Å². The van der Waals surface area contributed by atoms with Gasteiger partial charge in [-0.3, -0.25) is 9.69 Å². The van der Waals surface area contributed by atoms with Crippen LogP contribution in [-0.2, 0) is 4.79 Å². The van der Waals surface area contributed by atoms with Gasteiger partial charge in [-0.15, -0.1) is 0 Å². The van der Waals surface area contributed by atoms with Crippen LogP contribution < -0.4 is 0 Å². The Morgan fingerprint density at radius 1 is 1.32 bits per heavy atom. The zero-order valence-electron chi connectivity index (χ0n) is 12.4. The highest BCUT2D eigenvalue weighted by molar-refractivity contribution is 5.78. The van der Waals surface area contributed by atoms with Gasteiger partial charge >= 0.3 is 0 Å². The average Bonchev–Trinajstić information content (AvgIpc) is 2.75. The molecule has 1 heterocycles. The molecule has 0 aromatic carbocycles. The number of aliphatic hydroxyl groups is 1. The summed E-state index contributed by atoms with van der Waals surface area (Å²) in [5, 5.41) is 10.4. The molecule has 0 aromatic heterocycles. The van der Waals surface area contributed by atoms with Crippen molar-refractivity contribution in [3.63, 3.8) is 0 Å². The van der Waals surface area contributed by atoms with Gasteiger partial charge in [0.15, 0.2) is 0 Å². The Labute approximate surface area is 116 Å². The summed E-state index contributed by atoms with van der Waals surface area (Å²) < 4.78 is 0. The van der Waals surface area contributed by atoms with E-state index in [9.17, 15) is 9.90 Å². The molecular weight excluding hydrogens is 240 g/mol. The van der Waals surface area contributed by atoms with Gasteiger partial charge in [0.05, 0.1) is 12.1 Å². The van der Waals surface area contributed by atoms with E-state index in [-0.39, 0.29) is 5.91 Å². The number of rotatable bonds is 4. The average molecular weight is 268 g/mol. The van der Waals surface area contributed by atoms with E-state index in [0.717, 1.165) is 45.1 Å². The van der Waals surface area contributed by atoms with E-state index in [1.165, 1.54) is 6.42 Å². The fourth-order valence-electron chi connectivity index (χ4n) is 3.54. The van der Waals surface area contributed by atoms with Crippen molar-refractivity contribution in [1.82, 2.24) is 9.80 Å². The fourth-order valence-corrected chi connectivity index (χ4v) is 3.54. The zero-order chi connectivity index (χ0) is 13.9. The van der Waals surface area contributed by atoms with E-state index < -0.39 is 5.60 Å². The Balaban J connectivity index is 1.80. The first-order valence-electron chi connectivity index (χ1n) is 7.71. The summed E-state index contributed by atoms with van der Waals surface area (Å²) in [6, 6.07) is 0.379. The molecule has 1 atom stereocenters. The Bertz CT molecular complexity index is 313. The number of carbonyl (C=O) groups is 1. The van der Waals surface area contributed by atoms with Crippen molar-refractivity contribution < 1.29 is 9.90 Å². The van der Waals surface area contributed by atoms with E-state index in [0.29, 0.717) is 19.1 Å². The summed E-state index contributed by atoms with van der Waals surface area (Å²) >= 11 is 0. The molecule has 0 bridgehead atoms. The molecule has 0 spiro atoms. The van der Waals surface area contributed by atoms with Crippen molar-refractivity contribution in [3.8, 4) is 0 Å². The van der Waals surface area contributed by atoms with Crippen LogP contribution in [0, 0.1) is 0 Å². The van der Waals surface area contributed by atoms with Crippen LogP contribution in [0.15, 0.2) is 0 Å². The van der Waals surface area contributed by atoms with Crippen molar-refractivity contribution in [2.75, 3.05) is 26.7 Å². The molecule has 110 valence electrons. The Hall–Kier alpha value is -0.610. The van der Waals surface area contributed by atoms with Crippen molar-refractivity contribution in [1.29, 1.82) is 0 Å². The van der Waals surface area contributed by atoms with E-state index in [1.54, 1.807) is 0 Å². The van der Waals surface area contributed by atoms with E-state index >= 15 is 0 Å². The lowest BCUT2D eigenvalue weighted by atomic mass is 10.0. The third-order valence-electron chi connectivity index (χ3n) is 4.63. The Morgan fingerprint density at radius 3 is 2.63 bits per heavy atom. The van der Waals surface area contributed by atoms with Crippen LogP contribution in [0.1, 0.15) is 51.9 Å². The molecule has 0 aromatic rings. The van der Waals surface area contributed by atoms with Gasteiger partial charge in [0, 0.05) is 19.1 Å². The largest absolute Gasteiger partial charge is 0.389 e. The zero-order valence-corrected chi connectivity index (χ0v) is 12.4. The van der Waals surface area contributed by atoms with Crippen LogP contribution in [-0.4, -0.2) is 59.1 Å². The molecule has 4 nitrogen and oxygen atoms in total. The third kappa shape index (κ3) is 3.93. The van der Waals surface area contributed by atoms with Gasteiger partial charge < -0.3 is 10.0 Å². The molecule has 1 N–H and O–H groups in total. The summed E-state index contributed by atoms with van der Waals surface area (Å²) in [6.07, 6.45) is 7.48. The quantitative estimate of drug-likeness (QED) is 0.842. The first-order valence-corrected chi connectivity index (χ1v) is 7.71. The summed E-state index contributed by atoms with van der Waals surface area (Å²) in [7, 11) is 1.95. The Morgan fingerprint density at radius 2 is 2.00 bits per heavy atom. The molecule has 2 fully saturated rings. The lowest BCUT2D eigenvalue weighted by molar-refractivity contribution is -0.136. The number of hydrogen-bond acceptors (Lipinski definition) is 3. The van der Waals surface area contributed by atoms with E-state index in [4.69, 9.17) is 0 Å². The Kier molecular flexibility index (Phi) is 4.85. The van der Waals surface area contributed by atoms with Gasteiger partial charge in [-0.1, -0.05) is 12.8 Å². The first-order chi connectivity index (χ1) is 9.00. The lowest BCUT2D eigenvalue weighted by Crippen LogP contribution is -2.48. The molecule has 1 saturated carbocycles. The second-order valence-electron chi connectivity index (χ2n) is 6.54. The minimum atomic E-state index is -0.553. The molecular formula is C15H28N2O2. The standard InChI is InChI=1S/C15H28N2O2/c1-13-7-3-6-10-17(13)14(18)11-16(2)12-15(19)8-4-5-9-15/h13,19H,3-12H2,1-2H3. The van der Waals surface area contributed by atoms with Crippen LogP contribution in [0.5, 0.6) is 0 Å². The fraction of sp³-hybridized carbons (Fsp3) is 0.933. The molecule has 1 unspecified atom stereocenters. The summed E-state index contributed by atoms with van der Waals surface area (Å²) in [5.74, 6) is 0.219. The number of carbonyl (C=O) groups excluding carboxylic acids is 1.